The third-order valence-corrected chi connectivity index (χ3v) is 4.81. The third-order valence-electron chi connectivity index (χ3n) is 3.88. The van der Waals surface area contributed by atoms with Crippen LogP contribution < -0.4 is 5.32 Å². The van der Waals surface area contributed by atoms with Gasteiger partial charge in [-0.2, -0.15) is 0 Å². The van der Waals surface area contributed by atoms with Gasteiger partial charge < -0.3 is 5.32 Å². The number of para-hydroxylation sites is 1. The molecule has 0 unspecified atom stereocenters. The second kappa shape index (κ2) is 8.46. The molecular formula is C20H17N3O3S. The maximum atomic E-state index is 12.1. The number of amides is 1. The van der Waals surface area contributed by atoms with Crippen molar-refractivity contribution in [1.29, 1.82) is 0 Å². The zero-order chi connectivity index (χ0) is 19.2. The fraction of sp³-hybridized carbons (Fsp3) is 0.100. The third kappa shape index (κ3) is 4.71. The fourth-order valence-corrected chi connectivity index (χ4v) is 3.25. The summed E-state index contributed by atoms with van der Waals surface area (Å²) in [6.07, 6.45) is 5.82. The highest BCUT2D eigenvalue weighted by molar-refractivity contribution is 8.18. The van der Waals surface area contributed by atoms with Crippen molar-refractivity contribution in [2.24, 2.45) is 4.99 Å². The van der Waals surface area contributed by atoms with Gasteiger partial charge in [0.15, 0.2) is 5.17 Å². The van der Waals surface area contributed by atoms with Crippen LogP contribution in [0.3, 0.4) is 0 Å². The highest BCUT2D eigenvalue weighted by Crippen LogP contribution is 2.27. The highest BCUT2D eigenvalue weighted by atomic mass is 32.2. The van der Waals surface area contributed by atoms with E-state index >= 15 is 0 Å². The number of aryl methyl sites for hydroxylation is 1. The second-order valence-corrected chi connectivity index (χ2v) is 6.73. The van der Waals surface area contributed by atoms with Crippen molar-refractivity contribution in [2.45, 2.75) is 13.3 Å². The van der Waals surface area contributed by atoms with E-state index in [0.717, 1.165) is 12.1 Å². The summed E-state index contributed by atoms with van der Waals surface area (Å²) in [5.74, 6) is -0.240. The van der Waals surface area contributed by atoms with Gasteiger partial charge in [0.2, 0.25) is 0 Å². The van der Waals surface area contributed by atoms with Crippen LogP contribution in [0.4, 0.5) is 11.4 Å². The van der Waals surface area contributed by atoms with Gasteiger partial charge in [-0.15, -0.1) is 0 Å². The predicted octanol–water partition coefficient (Wildman–Crippen LogP) is 4.61. The van der Waals surface area contributed by atoms with Gasteiger partial charge in [0.25, 0.3) is 11.6 Å². The number of carbonyl (C=O) groups is 1. The van der Waals surface area contributed by atoms with Gasteiger partial charge in [0.05, 0.1) is 21.1 Å². The minimum atomic E-state index is -0.432. The molecule has 0 bridgehead atoms. The maximum Gasteiger partial charge on any atom is 0.276 e. The lowest BCUT2D eigenvalue weighted by Gasteiger charge is -1.98. The van der Waals surface area contributed by atoms with E-state index in [4.69, 9.17) is 0 Å². The van der Waals surface area contributed by atoms with E-state index < -0.39 is 4.92 Å². The van der Waals surface area contributed by atoms with Gasteiger partial charge >= 0.3 is 0 Å². The van der Waals surface area contributed by atoms with Gasteiger partial charge in [-0.25, -0.2) is 4.99 Å². The first kappa shape index (κ1) is 18.6. The standard InChI is InChI=1S/C20H17N3O3S/c1-2-14-10-12-16(13-11-14)21-20-22-19(24)18(27-20)9-5-7-15-6-3-4-8-17(15)23(25)26/h3-13H,2H2,1H3,(H,21,22,24)/b7-5+,18-9-. The molecule has 2 aromatic rings. The van der Waals surface area contributed by atoms with E-state index in [1.807, 2.05) is 24.3 Å². The molecule has 0 spiro atoms. The minimum Gasteiger partial charge on any atom is -0.300 e. The lowest BCUT2D eigenvalue weighted by molar-refractivity contribution is -0.385. The molecule has 1 aliphatic rings. The monoisotopic (exact) mass is 379 g/mol. The van der Waals surface area contributed by atoms with Gasteiger partial charge in [-0.3, -0.25) is 14.9 Å². The Balaban J connectivity index is 1.73. The van der Waals surface area contributed by atoms with Crippen LogP contribution in [-0.2, 0) is 11.2 Å². The number of hydrogen-bond donors (Lipinski definition) is 1. The molecule has 1 amide bonds. The zero-order valence-electron chi connectivity index (χ0n) is 14.6. The van der Waals surface area contributed by atoms with Crippen LogP contribution in [0.2, 0.25) is 0 Å². The number of benzene rings is 2. The summed E-state index contributed by atoms with van der Waals surface area (Å²) >= 11 is 1.23. The Morgan fingerprint density at radius 1 is 1.19 bits per heavy atom. The second-order valence-electron chi connectivity index (χ2n) is 5.70. The Morgan fingerprint density at radius 3 is 2.63 bits per heavy atom. The van der Waals surface area contributed by atoms with Gasteiger partial charge in [-0.1, -0.05) is 37.3 Å². The predicted molar refractivity (Wildman–Crippen MR) is 109 cm³/mol. The molecule has 3 rings (SSSR count). The minimum absolute atomic E-state index is 0.0217. The largest absolute Gasteiger partial charge is 0.300 e. The van der Waals surface area contributed by atoms with Crippen molar-refractivity contribution in [3.8, 4) is 0 Å². The summed E-state index contributed by atoms with van der Waals surface area (Å²) in [6, 6.07) is 14.3. The molecule has 2 aromatic carbocycles. The topological polar surface area (TPSA) is 84.6 Å². The molecule has 0 atom stereocenters. The molecule has 7 heteroatoms. The number of amidine groups is 1. The summed E-state index contributed by atoms with van der Waals surface area (Å²) in [5, 5.41) is 14.3. The average Bonchev–Trinajstić information content (AvgIpc) is 3.02. The van der Waals surface area contributed by atoms with E-state index in [0.29, 0.717) is 15.6 Å². The average molecular weight is 379 g/mol. The SMILES string of the molecule is CCc1ccc(N=C2NC(=O)/C(=C/C=C/c3ccccc3[N+](=O)[O-])S2)cc1. The number of nitrogens with zero attached hydrogens (tertiary/aromatic N) is 2. The molecule has 1 fully saturated rings. The van der Waals surface area contributed by atoms with Crippen molar-refractivity contribution < 1.29 is 9.72 Å². The van der Waals surface area contributed by atoms with Crippen molar-refractivity contribution in [3.05, 3.63) is 86.8 Å². The Labute approximate surface area is 160 Å². The number of aliphatic imine (C=N–C) groups is 1. The van der Waals surface area contributed by atoms with Gasteiger partial charge in [0, 0.05) is 6.07 Å². The van der Waals surface area contributed by atoms with Gasteiger partial charge in [-0.05, 0) is 54.1 Å². The van der Waals surface area contributed by atoms with Crippen LogP contribution in [-0.4, -0.2) is 16.0 Å². The van der Waals surface area contributed by atoms with Crippen LogP contribution in [0, 0.1) is 10.1 Å². The Hall–Kier alpha value is -3.19. The first-order valence-electron chi connectivity index (χ1n) is 8.35. The summed E-state index contributed by atoms with van der Waals surface area (Å²) in [7, 11) is 0. The molecule has 136 valence electrons. The summed E-state index contributed by atoms with van der Waals surface area (Å²) in [5.41, 5.74) is 2.50. The molecule has 1 heterocycles. The number of nitro benzene ring substituents is 1. The Kier molecular flexibility index (Phi) is 5.83. The molecule has 0 radical (unpaired) electrons. The van der Waals surface area contributed by atoms with Crippen molar-refractivity contribution in [1.82, 2.24) is 5.32 Å². The van der Waals surface area contributed by atoms with E-state index in [1.165, 1.54) is 23.4 Å². The summed E-state index contributed by atoms with van der Waals surface area (Å²) < 4.78 is 0. The molecule has 27 heavy (non-hydrogen) atoms. The fourth-order valence-electron chi connectivity index (χ4n) is 2.45. The molecular weight excluding hydrogens is 362 g/mol. The summed E-state index contributed by atoms with van der Waals surface area (Å²) in [6.45, 7) is 2.09. The van der Waals surface area contributed by atoms with E-state index in [-0.39, 0.29) is 11.6 Å². The van der Waals surface area contributed by atoms with E-state index in [9.17, 15) is 14.9 Å². The Bertz CT molecular complexity index is 963. The Morgan fingerprint density at radius 2 is 1.93 bits per heavy atom. The normalized spacial score (nSPS) is 17.0. The molecule has 0 saturated carbocycles. The number of thioether (sulfide) groups is 1. The molecule has 1 aliphatic heterocycles. The first-order valence-corrected chi connectivity index (χ1v) is 9.17. The smallest absolute Gasteiger partial charge is 0.276 e. The molecule has 1 N–H and O–H groups in total. The van der Waals surface area contributed by atoms with Crippen molar-refractivity contribution in [3.63, 3.8) is 0 Å². The molecule has 0 aromatic heterocycles. The summed E-state index contributed by atoms with van der Waals surface area (Å²) in [4.78, 5) is 27.6. The quantitative estimate of drug-likeness (QED) is 0.467. The number of hydrogen-bond acceptors (Lipinski definition) is 5. The molecule has 6 nitrogen and oxygen atoms in total. The molecule has 1 saturated heterocycles. The number of nitro groups is 1. The lowest BCUT2D eigenvalue weighted by atomic mass is 10.1. The van der Waals surface area contributed by atoms with Crippen LogP contribution in [0.1, 0.15) is 18.1 Å². The van der Waals surface area contributed by atoms with Crippen LogP contribution >= 0.6 is 11.8 Å². The number of nitrogens with one attached hydrogen (secondary N) is 1. The molecule has 0 aliphatic carbocycles. The zero-order valence-corrected chi connectivity index (χ0v) is 15.4. The highest BCUT2D eigenvalue weighted by Gasteiger charge is 2.23. The van der Waals surface area contributed by atoms with Gasteiger partial charge in [0.1, 0.15) is 0 Å². The number of rotatable bonds is 5. The van der Waals surface area contributed by atoms with E-state index in [2.05, 4.69) is 17.2 Å². The van der Waals surface area contributed by atoms with Crippen LogP contribution in [0.15, 0.2) is 70.6 Å². The lowest BCUT2D eigenvalue weighted by Crippen LogP contribution is -2.19. The number of carbonyl (C=O) groups excluding carboxylic acids is 1. The van der Waals surface area contributed by atoms with E-state index in [1.54, 1.807) is 36.4 Å². The van der Waals surface area contributed by atoms with Crippen LogP contribution in [0.5, 0.6) is 0 Å². The maximum absolute atomic E-state index is 12.1. The first-order chi connectivity index (χ1) is 13.1. The van der Waals surface area contributed by atoms with Crippen molar-refractivity contribution in [2.75, 3.05) is 0 Å². The van der Waals surface area contributed by atoms with Crippen LogP contribution in [0.25, 0.3) is 6.08 Å². The number of allylic oxidation sites excluding steroid dienone is 2. The van der Waals surface area contributed by atoms with Crippen molar-refractivity contribution >= 4 is 40.3 Å².